The second kappa shape index (κ2) is 8.16. The van der Waals surface area contributed by atoms with E-state index < -0.39 is 12.2 Å². The molecule has 0 aromatic heterocycles. The summed E-state index contributed by atoms with van der Waals surface area (Å²) in [5.41, 5.74) is 1.03. The number of carbonyl (C=O) groups is 2. The Labute approximate surface area is 169 Å². The summed E-state index contributed by atoms with van der Waals surface area (Å²) in [6, 6.07) is 5.33. The van der Waals surface area contributed by atoms with Crippen LogP contribution >= 0.6 is 0 Å². The van der Waals surface area contributed by atoms with Crippen LogP contribution in [0.5, 0.6) is 0 Å². The molecule has 0 unspecified atom stereocenters. The predicted molar refractivity (Wildman–Crippen MR) is 106 cm³/mol. The number of hydrogen-bond acceptors (Lipinski definition) is 6. The minimum atomic E-state index is -0.527. The van der Waals surface area contributed by atoms with Crippen LogP contribution in [0, 0.1) is 11.7 Å². The molecule has 3 fully saturated rings. The first-order chi connectivity index (χ1) is 14.0. The van der Waals surface area contributed by atoms with Crippen LogP contribution in [-0.4, -0.2) is 82.0 Å². The van der Waals surface area contributed by atoms with Gasteiger partial charge in [0.2, 0.25) is 5.91 Å². The highest BCUT2D eigenvalue weighted by Gasteiger charge is 2.45. The highest BCUT2D eigenvalue weighted by Crippen LogP contribution is 2.36. The molecule has 0 aliphatic carbocycles. The van der Waals surface area contributed by atoms with Crippen LogP contribution < -0.4 is 15.1 Å². The molecule has 9 heteroatoms. The van der Waals surface area contributed by atoms with E-state index in [-0.39, 0.29) is 24.8 Å². The van der Waals surface area contributed by atoms with Gasteiger partial charge in [0.15, 0.2) is 0 Å². The van der Waals surface area contributed by atoms with E-state index in [0.29, 0.717) is 29.9 Å². The van der Waals surface area contributed by atoms with Crippen molar-refractivity contribution in [2.45, 2.75) is 19.1 Å². The zero-order chi connectivity index (χ0) is 20.5. The van der Waals surface area contributed by atoms with Crippen molar-refractivity contribution in [3.8, 4) is 0 Å². The number of nitrogens with zero attached hydrogens (tertiary/aromatic N) is 3. The van der Waals surface area contributed by atoms with Crippen LogP contribution in [0.3, 0.4) is 0 Å². The van der Waals surface area contributed by atoms with Gasteiger partial charge in [-0.2, -0.15) is 0 Å². The second-order valence-electron chi connectivity index (χ2n) is 7.91. The Morgan fingerprint density at radius 2 is 2.14 bits per heavy atom. The van der Waals surface area contributed by atoms with Crippen LogP contribution in [0.15, 0.2) is 18.2 Å². The molecule has 4 rings (SSSR count). The molecule has 2 amide bonds. The number of nitrogens with one attached hydrogen (secondary N) is 1. The Bertz CT molecular complexity index is 792. The van der Waals surface area contributed by atoms with Gasteiger partial charge in [-0.1, -0.05) is 0 Å². The largest absolute Gasteiger partial charge is 0.442 e. The van der Waals surface area contributed by atoms with E-state index in [0.717, 1.165) is 26.2 Å². The van der Waals surface area contributed by atoms with Gasteiger partial charge >= 0.3 is 6.09 Å². The van der Waals surface area contributed by atoms with Crippen molar-refractivity contribution in [1.29, 1.82) is 0 Å². The molecule has 3 saturated heterocycles. The number of methoxy groups -OCH3 is 1. The molecule has 0 spiro atoms. The highest BCUT2D eigenvalue weighted by atomic mass is 19.1. The summed E-state index contributed by atoms with van der Waals surface area (Å²) in [7, 11) is 1.70. The number of fused-ring (bicyclic) bond motifs is 1. The van der Waals surface area contributed by atoms with Crippen molar-refractivity contribution >= 4 is 23.4 Å². The molecule has 3 atom stereocenters. The minimum absolute atomic E-state index is 0.185. The molecule has 0 bridgehead atoms. The first kappa shape index (κ1) is 19.9. The van der Waals surface area contributed by atoms with Crippen molar-refractivity contribution in [2.75, 3.05) is 62.8 Å². The van der Waals surface area contributed by atoms with Gasteiger partial charge in [-0.05, 0) is 18.2 Å². The van der Waals surface area contributed by atoms with E-state index in [2.05, 4.69) is 15.1 Å². The maximum absolute atomic E-state index is 14.9. The molecule has 1 N–H and O–H groups in total. The normalized spacial score (nSPS) is 26.3. The fourth-order valence-corrected chi connectivity index (χ4v) is 4.42. The van der Waals surface area contributed by atoms with Crippen LogP contribution in [0.1, 0.15) is 6.92 Å². The summed E-state index contributed by atoms with van der Waals surface area (Å²) < 4.78 is 25.3. The predicted octanol–water partition coefficient (Wildman–Crippen LogP) is 1.05. The van der Waals surface area contributed by atoms with E-state index in [9.17, 15) is 14.0 Å². The number of cyclic esters (lactones) is 1. The maximum Gasteiger partial charge on any atom is 0.414 e. The van der Waals surface area contributed by atoms with Gasteiger partial charge < -0.3 is 19.7 Å². The second-order valence-corrected chi connectivity index (χ2v) is 7.91. The molecule has 0 radical (unpaired) electrons. The number of rotatable bonds is 7. The Kier molecular flexibility index (Phi) is 5.60. The lowest BCUT2D eigenvalue weighted by Crippen LogP contribution is -2.56. The average Bonchev–Trinajstić information content (AvgIpc) is 3.21. The number of carbonyl (C=O) groups excluding carboxylic acids is 2. The van der Waals surface area contributed by atoms with Gasteiger partial charge in [-0.3, -0.25) is 14.6 Å². The Morgan fingerprint density at radius 3 is 2.86 bits per heavy atom. The minimum Gasteiger partial charge on any atom is -0.442 e. The number of likely N-dealkylation sites (tertiary alicyclic amines) is 1. The lowest BCUT2D eigenvalue weighted by Gasteiger charge is -2.43. The maximum atomic E-state index is 14.9. The lowest BCUT2D eigenvalue weighted by atomic mass is 9.92. The average molecular weight is 406 g/mol. The molecular formula is C20H27FN4O4. The summed E-state index contributed by atoms with van der Waals surface area (Å²) in [6.45, 7) is 6.22. The number of hydrogen-bond donors (Lipinski definition) is 1. The van der Waals surface area contributed by atoms with E-state index in [4.69, 9.17) is 9.47 Å². The molecule has 3 aliphatic rings. The fourth-order valence-electron chi connectivity index (χ4n) is 4.42. The first-order valence-electron chi connectivity index (χ1n) is 9.96. The number of amides is 2. The smallest absolute Gasteiger partial charge is 0.414 e. The number of anilines is 2. The van der Waals surface area contributed by atoms with Crippen molar-refractivity contribution in [1.82, 2.24) is 10.2 Å². The zero-order valence-electron chi connectivity index (χ0n) is 16.8. The van der Waals surface area contributed by atoms with Crippen LogP contribution in [0.4, 0.5) is 20.6 Å². The lowest BCUT2D eigenvalue weighted by molar-refractivity contribution is -0.119. The van der Waals surface area contributed by atoms with Gasteiger partial charge in [0, 0.05) is 52.2 Å². The first-order valence-corrected chi connectivity index (χ1v) is 9.96. The summed E-state index contributed by atoms with van der Waals surface area (Å²) in [5.74, 6) is 0.0367. The van der Waals surface area contributed by atoms with Crippen molar-refractivity contribution < 1.29 is 23.5 Å². The van der Waals surface area contributed by atoms with Crippen molar-refractivity contribution in [3.05, 3.63) is 24.0 Å². The highest BCUT2D eigenvalue weighted by molar-refractivity contribution is 5.90. The standard InChI is InChI=1S/C20H27FN4O4/c1-13(26)22-8-16-11-25(20(27)29-16)15-3-4-18(17(21)7-15)24-10-14-9-23(5-6-28-2)19(14)12-24/h3-4,7,14,16,19H,5-6,8-12H2,1-2H3,(H,22,26)/t14-,16-,19+/m0/s1. The molecule has 1 aromatic carbocycles. The van der Waals surface area contributed by atoms with Crippen molar-refractivity contribution in [3.63, 3.8) is 0 Å². The summed E-state index contributed by atoms with van der Waals surface area (Å²) in [5, 5.41) is 2.63. The van der Waals surface area contributed by atoms with Gasteiger partial charge in [-0.25, -0.2) is 9.18 Å². The van der Waals surface area contributed by atoms with Gasteiger partial charge in [-0.15, -0.1) is 0 Å². The third-order valence-electron chi connectivity index (χ3n) is 5.96. The van der Waals surface area contributed by atoms with Gasteiger partial charge in [0.05, 0.1) is 31.1 Å². The zero-order valence-corrected chi connectivity index (χ0v) is 16.8. The van der Waals surface area contributed by atoms with E-state index in [1.807, 2.05) is 0 Å². The molecule has 29 heavy (non-hydrogen) atoms. The quantitative estimate of drug-likeness (QED) is 0.730. The van der Waals surface area contributed by atoms with Crippen LogP contribution in [-0.2, 0) is 14.3 Å². The Balaban J connectivity index is 1.39. The third kappa shape index (κ3) is 4.02. The fraction of sp³-hybridized carbons (Fsp3) is 0.600. The molecule has 1 aromatic rings. The summed E-state index contributed by atoms with van der Waals surface area (Å²) in [6.07, 6.45) is -0.970. The van der Waals surface area contributed by atoms with Crippen LogP contribution in [0.2, 0.25) is 0 Å². The molecule has 3 aliphatic heterocycles. The molecule has 3 heterocycles. The van der Waals surface area contributed by atoms with E-state index in [1.165, 1.54) is 17.9 Å². The topological polar surface area (TPSA) is 74.3 Å². The van der Waals surface area contributed by atoms with Crippen LogP contribution in [0.25, 0.3) is 0 Å². The van der Waals surface area contributed by atoms with E-state index in [1.54, 1.807) is 19.2 Å². The number of ether oxygens (including phenoxy) is 2. The molecular weight excluding hydrogens is 379 g/mol. The van der Waals surface area contributed by atoms with Crippen molar-refractivity contribution in [2.24, 2.45) is 5.92 Å². The number of halogens is 1. The summed E-state index contributed by atoms with van der Waals surface area (Å²) >= 11 is 0. The van der Waals surface area contributed by atoms with Gasteiger partial charge in [0.1, 0.15) is 11.9 Å². The number of benzene rings is 1. The summed E-state index contributed by atoms with van der Waals surface area (Å²) in [4.78, 5) is 29.1. The Morgan fingerprint density at radius 1 is 1.31 bits per heavy atom. The van der Waals surface area contributed by atoms with E-state index >= 15 is 0 Å². The third-order valence-corrected chi connectivity index (χ3v) is 5.96. The Hall–Kier alpha value is -2.39. The molecule has 0 saturated carbocycles. The monoisotopic (exact) mass is 406 g/mol. The molecule has 158 valence electrons. The SMILES string of the molecule is COCCN1C[C@H]2CN(c3ccc(N4C[C@H](CNC(C)=O)OC4=O)cc3F)C[C@H]21. The van der Waals surface area contributed by atoms with Gasteiger partial charge in [0.25, 0.3) is 0 Å². The molecule has 8 nitrogen and oxygen atoms in total.